The van der Waals surface area contributed by atoms with Gasteiger partial charge in [0.15, 0.2) is 0 Å². The minimum atomic E-state index is -0.791. The standard InChI is InChI=1S/C12H22N4O5/c13-9-3-1-7(5-11(9)15(17)18)21-8-2-4-10(14)12(6-8)16(19)20/h7-12H,1-6,13-14H2. The number of nitro groups is 2. The van der Waals surface area contributed by atoms with Crippen molar-refractivity contribution in [3.63, 3.8) is 0 Å². The molecule has 0 aromatic carbocycles. The van der Waals surface area contributed by atoms with E-state index >= 15 is 0 Å². The van der Waals surface area contributed by atoms with Crippen LogP contribution in [-0.2, 0) is 4.74 Å². The third-order valence-corrected chi connectivity index (χ3v) is 4.57. The zero-order valence-electron chi connectivity index (χ0n) is 11.8. The maximum absolute atomic E-state index is 11.0. The highest BCUT2D eigenvalue weighted by molar-refractivity contribution is 4.87. The summed E-state index contributed by atoms with van der Waals surface area (Å²) < 4.78 is 5.87. The van der Waals surface area contributed by atoms with Crippen molar-refractivity contribution in [3.8, 4) is 0 Å². The molecule has 9 heteroatoms. The maximum atomic E-state index is 11.0. The maximum Gasteiger partial charge on any atom is 0.230 e. The quantitative estimate of drug-likeness (QED) is 0.550. The predicted octanol–water partition coefficient (Wildman–Crippen LogP) is 0.0532. The average molecular weight is 302 g/mol. The van der Waals surface area contributed by atoms with Crippen LogP contribution < -0.4 is 11.5 Å². The highest BCUT2D eigenvalue weighted by Gasteiger charge is 2.41. The molecule has 9 nitrogen and oxygen atoms in total. The van der Waals surface area contributed by atoms with Crippen molar-refractivity contribution in [1.29, 1.82) is 0 Å². The second kappa shape index (κ2) is 6.63. The van der Waals surface area contributed by atoms with Crippen LogP contribution in [0.2, 0.25) is 0 Å². The fourth-order valence-electron chi connectivity index (χ4n) is 3.27. The largest absolute Gasteiger partial charge is 0.374 e. The molecule has 0 saturated heterocycles. The van der Waals surface area contributed by atoms with Gasteiger partial charge in [-0.15, -0.1) is 0 Å². The molecule has 120 valence electrons. The van der Waals surface area contributed by atoms with E-state index in [0.29, 0.717) is 25.7 Å². The smallest absolute Gasteiger partial charge is 0.230 e. The van der Waals surface area contributed by atoms with Gasteiger partial charge < -0.3 is 16.2 Å². The van der Waals surface area contributed by atoms with Crippen LogP contribution in [0, 0.1) is 20.2 Å². The molecule has 0 spiro atoms. The van der Waals surface area contributed by atoms with E-state index in [1.165, 1.54) is 0 Å². The van der Waals surface area contributed by atoms with Crippen molar-refractivity contribution in [2.24, 2.45) is 11.5 Å². The van der Waals surface area contributed by atoms with E-state index in [2.05, 4.69) is 0 Å². The lowest BCUT2D eigenvalue weighted by atomic mass is 9.87. The zero-order chi connectivity index (χ0) is 15.6. The van der Waals surface area contributed by atoms with E-state index in [-0.39, 0.29) is 34.9 Å². The van der Waals surface area contributed by atoms with Gasteiger partial charge in [0.05, 0.1) is 24.3 Å². The second-order valence-corrected chi connectivity index (χ2v) is 6.04. The van der Waals surface area contributed by atoms with E-state index in [1.807, 2.05) is 0 Å². The molecule has 0 aromatic heterocycles. The number of hydrogen-bond donors (Lipinski definition) is 2. The van der Waals surface area contributed by atoms with Crippen molar-refractivity contribution in [3.05, 3.63) is 20.2 Å². The highest BCUT2D eigenvalue weighted by atomic mass is 16.6. The third kappa shape index (κ3) is 3.86. The van der Waals surface area contributed by atoms with Crippen LogP contribution in [0.4, 0.5) is 0 Å². The van der Waals surface area contributed by atoms with Crippen molar-refractivity contribution >= 4 is 0 Å². The number of hydrogen-bond acceptors (Lipinski definition) is 7. The summed E-state index contributed by atoms with van der Waals surface area (Å²) in [7, 11) is 0. The second-order valence-electron chi connectivity index (χ2n) is 6.04. The Morgan fingerprint density at radius 3 is 1.52 bits per heavy atom. The molecule has 0 amide bonds. The van der Waals surface area contributed by atoms with E-state index < -0.39 is 24.2 Å². The summed E-state index contributed by atoms with van der Waals surface area (Å²) in [6.07, 6.45) is 2.48. The molecule has 2 rings (SSSR count). The molecule has 6 atom stereocenters. The van der Waals surface area contributed by atoms with Gasteiger partial charge in [-0.25, -0.2) is 0 Å². The zero-order valence-corrected chi connectivity index (χ0v) is 11.8. The Labute approximate surface area is 122 Å². The predicted molar refractivity (Wildman–Crippen MR) is 73.9 cm³/mol. The Morgan fingerprint density at radius 1 is 0.810 bits per heavy atom. The molecule has 0 bridgehead atoms. The Hall–Kier alpha value is -1.32. The van der Waals surface area contributed by atoms with E-state index in [9.17, 15) is 20.2 Å². The first-order valence-corrected chi connectivity index (χ1v) is 7.32. The molecular weight excluding hydrogens is 280 g/mol. The van der Waals surface area contributed by atoms with Crippen molar-refractivity contribution in [2.75, 3.05) is 0 Å². The molecule has 0 radical (unpaired) electrons. The summed E-state index contributed by atoms with van der Waals surface area (Å²) in [6.45, 7) is 0. The molecule has 2 aliphatic rings. The number of ether oxygens (including phenoxy) is 1. The first kappa shape index (κ1) is 16.1. The van der Waals surface area contributed by atoms with Gasteiger partial charge in [-0.1, -0.05) is 0 Å². The summed E-state index contributed by atoms with van der Waals surface area (Å²) in [5, 5.41) is 21.9. The Balaban J connectivity index is 1.90. The lowest BCUT2D eigenvalue weighted by Gasteiger charge is -2.34. The van der Waals surface area contributed by atoms with Gasteiger partial charge in [0.2, 0.25) is 12.1 Å². The molecule has 0 aliphatic heterocycles. The molecule has 6 unspecified atom stereocenters. The van der Waals surface area contributed by atoms with Gasteiger partial charge in [0.1, 0.15) is 0 Å². The lowest BCUT2D eigenvalue weighted by molar-refractivity contribution is -0.534. The van der Waals surface area contributed by atoms with E-state index in [4.69, 9.17) is 16.2 Å². The van der Waals surface area contributed by atoms with Gasteiger partial charge in [-0.2, -0.15) is 0 Å². The number of rotatable bonds is 4. The molecule has 2 fully saturated rings. The number of nitrogens with zero attached hydrogens (tertiary/aromatic N) is 2. The van der Waals surface area contributed by atoms with Crippen LogP contribution in [0.3, 0.4) is 0 Å². The molecule has 4 N–H and O–H groups in total. The summed E-state index contributed by atoms with van der Waals surface area (Å²) in [5.74, 6) is 0. The molecule has 2 saturated carbocycles. The Morgan fingerprint density at radius 2 is 1.19 bits per heavy atom. The van der Waals surface area contributed by atoms with Crippen LogP contribution in [0.1, 0.15) is 38.5 Å². The Bertz CT molecular complexity index is 371. The van der Waals surface area contributed by atoms with Crippen molar-refractivity contribution < 1.29 is 14.6 Å². The molecule has 2 aliphatic carbocycles. The average Bonchev–Trinajstić information content (AvgIpc) is 2.42. The van der Waals surface area contributed by atoms with Crippen molar-refractivity contribution in [1.82, 2.24) is 0 Å². The third-order valence-electron chi connectivity index (χ3n) is 4.57. The van der Waals surface area contributed by atoms with Gasteiger partial charge in [0.25, 0.3) is 0 Å². The van der Waals surface area contributed by atoms with Crippen LogP contribution in [-0.4, -0.2) is 46.2 Å². The summed E-state index contributed by atoms with van der Waals surface area (Å²) >= 11 is 0. The SMILES string of the molecule is NC1CCC(OC2CCC(N)C([N+](=O)[O-])C2)CC1[N+](=O)[O-]. The Kier molecular flexibility index (Phi) is 5.07. The molecule has 21 heavy (non-hydrogen) atoms. The fraction of sp³-hybridized carbons (Fsp3) is 1.00. The van der Waals surface area contributed by atoms with Gasteiger partial charge in [-0.05, 0) is 25.7 Å². The molecule has 0 aromatic rings. The first-order valence-electron chi connectivity index (χ1n) is 7.32. The summed E-state index contributed by atoms with van der Waals surface area (Å²) in [4.78, 5) is 21.2. The monoisotopic (exact) mass is 302 g/mol. The first-order chi connectivity index (χ1) is 9.88. The normalized spacial score (nSPS) is 40.7. The number of nitrogens with two attached hydrogens (primary N) is 2. The fourth-order valence-corrected chi connectivity index (χ4v) is 3.27. The van der Waals surface area contributed by atoms with Gasteiger partial charge in [-0.3, -0.25) is 20.2 Å². The minimum Gasteiger partial charge on any atom is -0.374 e. The van der Waals surface area contributed by atoms with Gasteiger partial charge >= 0.3 is 0 Å². The topological polar surface area (TPSA) is 148 Å². The molecule has 0 heterocycles. The van der Waals surface area contributed by atoms with E-state index in [1.54, 1.807) is 0 Å². The molecular formula is C12H22N4O5. The summed E-state index contributed by atoms with van der Waals surface area (Å²) in [6, 6.07) is -2.46. The van der Waals surface area contributed by atoms with Crippen LogP contribution in [0.15, 0.2) is 0 Å². The summed E-state index contributed by atoms with van der Waals surface area (Å²) in [5.41, 5.74) is 11.5. The minimum absolute atomic E-state index is 0.244. The van der Waals surface area contributed by atoms with Crippen LogP contribution >= 0.6 is 0 Å². The van der Waals surface area contributed by atoms with Crippen LogP contribution in [0.25, 0.3) is 0 Å². The van der Waals surface area contributed by atoms with Crippen molar-refractivity contribution in [2.45, 2.75) is 74.9 Å². The van der Waals surface area contributed by atoms with Crippen LogP contribution in [0.5, 0.6) is 0 Å². The van der Waals surface area contributed by atoms with Gasteiger partial charge in [0, 0.05) is 22.7 Å². The highest BCUT2D eigenvalue weighted by Crippen LogP contribution is 2.28. The van der Waals surface area contributed by atoms with E-state index in [0.717, 1.165) is 0 Å². The lowest BCUT2D eigenvalue weighted by Crippen LogP contribution is -2.50.